The second-order valence-electron chi connectivity index (χ2n) is 3.95. The maximum atomic E-state index is 9.29. The van der Waals surface area contributed by atoms with Crippen molar-refractivity contribution in [3.8, 4) is 6.07 Å². The number of halogens is 1. The Hall–Kier alpha value is -1.86. The average Bonchev–Trinajstić information content (AvgIpc) is 2.37. The van der Waals surface area contributed by atoms with Crippen molar-refractivity contribution < 1.29 is 0 Å². The minimum atomic E-state index is -0.373. The number of hydrogen-bond donors (Lipinski definition) is 1. The number of anilines is 1. The quantitative estimate of drug-likeness (QED) is 0.937. The molecule has 2 aromatic rings. The first-order valence-electron chi connectivity index (χ1n) is 5.53. The summed E-state index contributed by atoms with van der Waals surface area (Å²) in [7, 11) is 0. The highest BCUT2D eigenvalue weighted by molar-refractivity contribution is 9.10. The number of hydrogen-bond acceptors (Lipinski definition) is 3. The van der Waals surface area contributed by atoms with Crippen molar-refractivity contribution in [1.82, 2.24) is 4.98 Å². The van der Waals surface area contributed by atoms with Crippen LogP contribution in [0.25, 0.3) is 0 Å². The lowest BCUT2D eigenvalue weighted by Crippen LogP contribution is -2.10. The van der Waals surface area contributed by atoms with E-state index in [0.29, 0.717) is 0 Å². The monoisotopic (exact) mass is 301 g/mol. The molecule has 1 heterocycles. The topological polar surface area (TPSA) is 48.7 Å². The predicted molar refractivity (Wildman–Crippen MR) is 75.1 cm³/mol. The third-order valence-electron chi connectivity index (χ3n) is 2.64. The highest BCUT2D eigenvalue weighted by Gasteiger charge is 2.12. The van der Waals surface area contributed by atoms with E-state index in [9.17, 15) is 5.26 Å². The maximum Gasteiger partial charge on any atom is 0.140 e. The number of aryl methyl sites for hydroxylation is 1. The van der Waals surface area contributed by atoms with Crippen LogP contribution in [0, 0.1) is 18.3 Å². The summed E-state index contributed by atoms with van der Waals surface area (Å²) < 4.78 is 0.883. The molecule has 0 saturated heterocycles. The van der Waals surface area contributed by atoms with Gasteiger partial charge < -0.3 is 5.32 Å². The van der Waals surface area contributed by atoms with Gasteiger partial charge in [0.25, 0.3) is 0 Å². The molecule has 1 aromatic heterocycles. The summed E-state index contributed by atoms with van der Waals surface area (Å²) in [5.74, 6) is 0. The number of nitriles is 1. The lowest BCUT2D eigenvalue weighted by atomic mass is 10.0. The first-order chi connectivity index (χ1) is 8.70. The van der Waals surface area contributed by atoms with Crippen molar-refractivity contribution in [1.29, 1.82) is 5.26 Å². The van der Waals surface area contributed by atoms with Gasteiger partial charge in [-0.3, -0.25) is 4.98 Å². The highest BCUT2D eigenvalue weighted by atomic mass is 79.9. The van der Waals surface area contributed by atoms with Gasteiger partial charge in [0.05, 0.1) is 18.0 Å². The minimum absolute atomic E-state index is 0.373. The zero-order valence-corrected chi connectivity index (χ0v) is 11.5. The van der Waals surface area contributed by atoms with Crippen LogP contribution in [0.4, 0.5) is 5.69 Å². The molecule has 18 heavy (non-hydrogen) atoms. The van der Waals surface area contributed by atoms with Gasteiger partial charge in [-0.15, -0.1) is 0 Å². The SMILES string of the molecule is Cc1ccccc1[C@H](C#N)Nc1cncc(Br)c1. The zero-order valence-electron chi connectivity index (χ0n) is 9.89. The Morgan fingerprint density at radius 3 is 2.78 bits per heavy atom. The molecule has 0 amide bonds. The van der Waals surface area contributed by atoms with Crippen LogP contribution >= 0.6 is 15.9 Å². The van der Waals surface area contributed by atoms with Crippen molar-refractivity contribution in [2.24, 2.45) is 0 Å². The Balaban J connectivity index is 2.26. The molecule has 0 unspecified atom stereocenters. The van der Waals surface area contributed by atoms with Crippen LogP contribution in [0.1, 0.15) is 17.2 Å². The van der Waals surface area contributed by atoms with Gasteiger partial charge in [-0.1, -0.05) is 24.3 Å². The summed E-state index contributed by atoms with van der Waals surface area (Å²) in [6, 6.07) is 11.7. The first-order valence-corrected chi connectivity index (χ1v) is 6.32. The van der Waals surface area contributed by atoms with Crippen molar-refractivity contribution in [3.05, 3.63) is 58.3 Å². The van der Waals surface area contributed by atoms with Crippen LogP contribution in [-0.4, -0.2) is 4.98 Å². The van der Waals surface area contributed by atoms with Gasteiger partial charge in [0.1, 0.15) is 6.04 Å². The van der Waals surface area contributed by atoms with Crippen molar-refractivity contribution >= 4 is 21.6 Å². The predicted octanol–water partition coefficient (Wildman–Crippen LogP) is 3.83. The summed E-state index contributed by atoms with van der Waals surface area (Å²) in [4.78, 5) is 4.07. The van der Waals surface area contributed by atoms with E-state index in [1.54, 1.807) is 12.4 Å². The fraction of sp³-hybridized carbons (Fsp3) is 0.143. The zero-order chi connectivity index (χ0) is 13.0. The van der Waals surface area contributed by atoms with E-state index in [1.807, 2.05) is 37.3 Å². The summed E-state index contributed by atoms with van der Waals surface area (Å²) in [6.07, 6.45) is 3.41. The van der Waals surface area contributed by atoms with Crippen LogP contribution in [0.5, 0.6) is 0 Å². The Kier molecular flexibility index (Phi) is 3.96. The van der Waals surface area contributed by atoms with Crippen LogP contribution in [0.3, 0.4) is 0 Å². The summed E-state index contributed by atoms with van der Waals surface area (Å²) in [5, 5.41) is 12.5. The lowest BCUT2D eigenvalue weighted by Gasteiger charge is -2.15. The number of nitrogens with zero attached hydrogens (tertiary/aromatic N) is 2. The van der Waals surface area contributed by atoms with Crippen molar-refractivity contribution in [2.45, 2.75) is 13.0 Å². The Morgan fingerprint density at radius 1 is 1.33 bits per heavy atom. The molecule has 0 radical (unpaired) electrons. The van der Waals surface area contributed by atoms with E-state index in [0.717, 1.165) is 21.3 Å². The molecular weight excluding hydrogens is 290 g/mol. The number of aromatic nitrogens is 1. The summed E-state index contributed by atoms with van der Waals surface area (Å²) in [6.45, 7) is 2.00. The molecule has 0 spiro atoms. The fourth-order valence-corrected chi connectivity index (χ4v) is 2.11. The third kappa shape index (κ3) is 2.88. The highest BCUT2D eigenvalue weighted by Crippen LogP contribution is 2.23. The van der Waals surface area contributed by atoms with Crippen molar-refractivity contribution in [2.75, 3.05) is 5.32 Å². The van der Waals surface area contributed by atoms with Gasteiger partial charge in [-0.05, 0) is 40.0 Å². The Labute approximate surface area is 115 Å². The number of pyridine rings is 1. The molecule has 2 rings (SSSR count). The van der Waals surface area contributed by atoms with E-state index in [2.05, 4.69) is 32.3 Å². The van der Waals surface area contributed by atoms with Crippen LogP contribution in [-0.2, 0) is 0 Å². The average molecular weight is 302 g/mol. The second kappa shape index (κ2) is 5.65. The molecule has 0 aliphatic heterocycles. The molecule has 90 valence electrons. The smallest absolute Gasteiger partial charge is 0.140 e. The van der Waals surface area contributed by atoms with E-state index in [1.165, 1.54) is 0 Å². The third-order valence-corrected chi connectivity index (χ3v) is 3.08. The molecule has 4 heteroatoms. The maximum absolute atomic E-state index is 9.29. The number of benzene rings is 1. The molecule has 0 saturated carbocycles. The van der Waals surface area contributed by atoms with Gasteiger partial charge in [-0.2, -0.15) is 5.26 Å². The van der Waals surface area contributed by atoms with Gasteiger partial charge in [-0.25, -0.2) is 0 Å². The number of nitrogens with one attached hydrogen (secondary N) is 1. The normalized spacial score (nSPS) is 11.6. The molecule has 3 nitrogen and oxygen atoms in total. The largest absolute Gasteiger partial charge is 0.365 e. The van der Waals surface area contributed by atoms with E-state index >= 15 is 0 Å². The molecule has 0 aliphatic carbocycles. The van der Waals surface area contributed by atoms with Gasteiger partial charge >= 0.3 is 0 Å². The lowest BCUT2D eigenvalue weighted by molar-refractivity contribution is 0.978. The van der Waals surface area contributed by atoms with Gasteiger partial charge in [0.15, 0.2) is 0 Å². The Morgan fingerprint density at radius 2 is 2.11 bits per heavy atom. The van der Waals surface area contributed by atoms with E-state index in [-0.39, 0.29) is 6.04 Å². The molecule has 1 atom stereocenters. The van der Waals surface area contributed by atoms with E-state index < -0.39 is 0 Å². The fourth-order valence-electron chi connectivity index (χ4n) is 1.75. The standard InChI is InChI=1S/C14H12BrN3/c1-10-4-2-3-5-13(10)14(7-16)18-12-6-11(15)8-17-9-12/h2-6,8-9,14,18H,1H3/t14-/m0/s1. The molecule has 0 bridgehead atoms. The first kappa shape index (κ1) is 12.6. The second-order valence-corrected chi connectivity index (χ2v) is 4.87. The molecule has 0 aliphatic rings. The molecule has 0 fully saturated rings. The van der Waals surface area contributed by atoms with Crippen LogP contribution < -0.4 is 5.32 Å². The summed E-state index contributed by atoms with van der Waals surface area (Å²) >= 11 is 3.36. The van der Waals surface area contributed by atoms with E-state index in [4.69, 9.17) is 0 Å². The Bertz CT molecular complexity index is 590. The molecule has 1 aromatic carbocycles. The van der Waals surface area contributed by atoms with Gasteiger partial charge in [0, 0.05) is 10.7 Å². The molecular formula is C14H12BrN3. The molecule has 1 N–H and O–H groups in total. The van der Waals surface area contributed by atoms with Crippen LogP contribution in [0.15, 0.2) is 47.2 Å². The van der Waals surface area contributed by atoms with Crippen LogP contribution in [0.2, 0.25) is 0 Å². The summed E-state index contributed by atoms with van der Waals surface area (Å²) in [5.41, 5.74) is 2.90. The van der Waals surface area contributed by atoms with Crippen molar-refractivity contribution in [3.63, 3.8) is 0 Å². The minimum Gasteiger partial charge on any atom is -0.365 e. The van der Waals surface area contributed by atoms with Gasteiger partial charge in [0.2, 0.25) is 0 Å². The number of rotatable bonds is 3.